The summed E-state index contributed by atoms with van der Waals surface area (Å²) in [4.78, 5) is 31.6. The molecule has 1 aromatic carbocycles. The first kappa shape index (κ1) is 18.9. The SMILES string of the molecule is CC(C)(C)c1ccc(NC(=O)c2cc(N3CCN(C=O)CC3)ccn2)cc1. The van der Waals surface area contributed by atoms with Gasteiger partial charge in [0.1, 0.15) is 5.69 Å². The van der Waals surface area contributed by atoms with E-state index in [1.54, 1.807) is 17.2 Å². The van der Waals surface area contributed by atoms with Gasteiger partial charge in [-0.2, -0.15) is 0 Å². The molecule has 0 unspecified atom stereocenters. The molecule has 1 aliphatic rings. The largest absolute Gasteiger partial charge is 0.368 e. The molecule has 142 valence electrons. The van der Waals surface area contributed by atoms with E-state index in [4.69, 9.17) is 0 Å². The molecule has 0 saturated carbocycles. The smallest absolute Gasteiger partial charge is 0.274 e. The van der Waals surface area contributed by atoms with Gasteiger partial charge in [-0.3, -0.25) is 14.6 Å². The molecule has 0 spiro atoms. The maximum Gasteiger partial charge on any atom is 0.274 e. The molecule has 2 amide bonds. The van der Waals surface area contributed by atoms with E-state index in [2.05, 4.69) is 36.0 Å². The number of benzene rings is 1. The molecule has 1 saturated heterocycles. The number of nitrogens with zero attached hydrogens (tertiary/aromatic N) is 3. The number of rotatable bonds is 4. The van der Waals surface area contributed by atoms with E-state index in [0.29, 0.717) is 18.8 Å². The normalized spacial score (nSPS) is 14.8. The Balaban J connectivity index is 1.68. The zero-order valence-electron chi connectivity index (χ0n) is 16.1. The zero-order valence-corrected chi connectivity index (χ0v) is 16.1. The van der Waals surface area contributed by atoms with E-state index >= 15 is 0 Å². The third-order valence-electron chi connectivity index (χ3n) is 4.81. The van der Waals surface area contributed by atoms with Crippen LogP contribution >= 0.6 is 0 Å². The molecule has 27 heavy (non-hydrogen) atoms. The van der Waals surface area contributed by atoms with Crippen molar-refractivity contribution in [3.05, 3.63) is 53.9 Å². The van der Waals surface area contributed by atoms with Gasteiger partial charge in [0.05, 0.1) is 0 Å². The second-order valence-electron chi connectivity index (χ2n) is 7.81. The van der Waals surface area contributed by atoms with Crippen LogP contribution in [0.1, 0.15) is 36.8 Å². The Labute approximate surface area is 160 Å². The first-order valence-corrected chi connectivity index (χ1v) is 9.19. The number of piperazine rings is 1. The van der Waals surface area contributed by atoms with Gasteiger partial charge in [-0.15, -0.1) is 0 Å². The summed E-state index contributed by atoms with van der Waals surface area (Å²) in [6.45, 7) is 9.35. The van der Waals surface area contributed by atoms with Crippen molar-refractivity contribution in [2.24, 2.45) is 0 Å². The van der Waals surface area contributed by atoms with Crippen LogP contribution in [0.2, 0.25) is 0 Å². The minimum Gasteiger partial charge on any atom is -0.368 e. The second kappa shape index (κ2) is 7.78. The number of nitrogens with one attached hydrogen (secondary N) is 1. The number of hydrogen-bond acceptors (Lipinski definition) is 4. The summed E-state index contributed by atoms with van der Waals surface area (Å²) in [6, 6.07) is 11.6. The topological polar surface area (TPSA) is 65.5 Å². The molecule has 6 heteroatoms. The molecule has 2 heterocycles. The Morgan fingerprint density at radius 1 is 1.07 bits per heavy atom. The third kappa shape index (κ3) is 4.64. The summed E-state index contributed by atoms with van der Waals surface area (Å²) in [6.07, 6.45) is 2.53. The van der Waals surface area contributed by atoms with Gasteiger partial charge in [-0.05, 0) is 35.2 Å². The van der Waals surface area contributed by atoms with Gasteiger partial charge < -0.3 is 15.1 Å². The summed E-state index contributed by atoms with van der Waals surface area (Å²) in [5, 5.41) is 2.91. The number of pyridine rings is 1. The summed E-state index contributed by atoms with van der Waals surface area (Å²) in [7, 11) is 0. The van der Waals surface area contributed by atoms with Gasteiger partial charge in [0.15, 0.2) is 0 Å². The molecule has 1 aromatic heterocycles. The molecule has 0 atom stereocenters. The summed E-state index contributed by atoms with van der Waals surface area (Å²) >= 11 is 0. The highest BCUT2D eigenvalue weighted by molar-refractivity contribution is 6.03. The molecular formula is C21H26N4O2. The molecule has 6 nitrogen and oxygen atoms in total. The minimum atomic E-state index is -0.230. The first-order valence-electron chi connectivity index (χ1n) is 9.19. The number of hydrogen-bond donors (Lipinski definition) is 1. The number of anilines is 2. The van der Waals surface area contributed by atoms with E-state index in [9.17, 15) is 9.59 Å². The zero-order chi connectivity index (χ0) is 19.4. The predicted octanol–water partition coefficient (Wildman–Crippen LogP) is 2.91. The molecule has 0 bridgehead atoms. The molecular weight excluding hydrogens is 340 g/mol. The van der Waals surface area contributed by atoms with Crippen LogP contribution in [0.3, 0.4) is 0 Å². The summed E-state index contributed by atoms with van der Waals surface area (Å²) in [5.74, 6) is -0.230. The van der Waals surface area contributed by atoms with Gasteiger partial charge in [-0.1, -0.05) is 32.9 Å². The maximum absolute atomic E-state index is 12.6. The van der Waals surface area contributed by atoms with E-state index in [1.165, 1.54) is 5.56 Å². The average molecular weight is 366 g/mol. The number of aromatic nitrogens is 1. The van der Waals surface area contributed by atoms with Gasteiger partial charge in [0.25, 0.3) is 5.91 Å². The van der Waals surface area contributed by atoms with Crippen LogP contribution in [0.5, 0.6) is 0 Å². The summed E-state index contributed by atoms with van der Waals surface area (Å²) in [5.41, 5.74) is 3.37. The molecule has 1 N–H and O–H groups in total. The molecule has 1 fully saturated rings. The van der Waals surface area contributed by atoms with Gasteiger partial charge in [-0.25, -0.2) is 0 Å². The van der Waals surface area contributed by atoms with Gasteiger partial charge in [0, 0.05) is 43.8 Å². The Morgan fingerprint density at radius 2 is 1.74 bits per heavy atom. The fraction of sp³-hybridized carbons (Fsp3) is 0.381. The van der Waals surface area contributed by atoms with Crippen molar-refractivity contribution in [3.63, 3.8) is 0 Å². The lowest BCUT2D eigenvalue weighted by molar-refractivity contribution is -0.118. The third-order valence-corrected chi connectivity index (χ3v) is 4.81. The van der Waals surface area contributed by atoms with Gasteiger partial charge >= 0.3 is 0 Å². The van der Waals surface area contributed by atoms with Crippen LogP contribution in [0.15, 0.2) is 42.6 Å². The molecule has 0 aliphatic carbocycles. The quantitative estimate of drug-likeness (QED) is 0.845. The van der Waals surface area contributed by atoms with Crippen molar-refractivity contribution in [1.82, 2.24) is 9.88 Å². The summed E-state index contributed by atoms with van der Waals surface area (Å²) < 4.78 is 0. The van der Waals surface area contributed by atoms with Crippen LogP contribution < -0.4 is 10.2 Å². The Bertz CT molecular complexity index is 804. The number of carbonyl (C=O) groups is 2. The van der Waals surface area contributed by atoms with Crippen LogP contribution in [0.25, 0.3) is 0 Å². The number of amides is 2. The fourth-order valence-electron chi connectivity index (χ4n) is 3.07. The van der Waals surface area contributed by atoms with Crippen LogP contribution in [-0.2, 0) is 10.2 Å². The van der Waals surface area contributed by atoms with E-state index in [0.717, 1.165) is 30.9 Å². The average Bonchev–Trinajstić information content (AvgIpc) is 2.68. The van der Waals surface area contributed by atoms with Crippen molar-refractivity contribution in [1.29, 1.82) is 0 Å². The van der Waals surface area contributed by atoms with Crippen molar-refractivity contribution < 1.29 is 9.59 Å². The van der Waals surface area contributed by atoms with Crippen LogP contribution in [0.4, 0.5) is 11.4 Å². The highest BCUT2D eigenvalue weighted by atomic mass is 16.2. The molecule has 1 aliphatic heterocycles. The van der Waals surface area contributed by atoms with E-state index in [1.807, 2.05) is 30.3 Å². The predicted molar refractivity (Wildman–Crippen MR) is 107 cm³/mol. The minimum absolute atomic E-state index is 0.0757. The van der Waals surface area contributed by atoms with Crippen molar-refractivity contribution in [3.8, 4) is 0 Å². The molecule has 0 radical (unpaired) electrons. The monoisotopic (exact) mass is 366 g/mol. The lowest BCUT2D eigenvalue weighted by atomic mass is 9.87. The van der Waals surface area contributed by atoms with Crippen molar-refractivity contribution in [2.75, 3.05) is 36.4 Å². The van der Waals surface area contributed by atoms with E-state index < -0.39 is 0 Å². The molecule has 2 aromatic rings. The maximum atomic E-state index is 12.6. The van der Waals surface area contributed by atoms with Crippen LogP contribution in [-0.4, -0.2) is 48.4 Å². The highest BCUT2D eigenvalue weighted by Gasteiger charge is 2.18. The lowest BCUT2D eigenvalue weighted by Gasteiger charge is -2.34. The number of carbonyl (C=O) groups excluding carboxylic acids is 2. The van der Waals surface area contributed by atoms with Crippen molar-refractivity contribution in [2.45, 2.75) is 26.2 Å². The van der Waals surface area contributed by atoms with Crippen LogP contribution in [0, 0.1) is 0 Å². The van der Waals surface area contributed by atoms with Gasteiger partial charge in [0.2, 0.25) is 6.41 Å². The Morgan fingerprint density at radius 3 is 2.33 bits per heavy atom. The lowest BCUT2D eigenvalue weighted by Crippen LogP contribution is -2.45. The highest BCUT2D eigenvalue weighted by Crippen LogP contribution is 2.24. The second-order valence-corrected chi connectivity index (χ2v) is 7.81. The van der Waals surface area contributed by atoms with E-state index in [-0.39, 0.29) is 11.3 Å². The fourth-order valence-corrected chi connectivity index (χ4v) is 3.07. The standard InChI is InChI=1S/C21H26N4O2/c1-21(2,3)16-4-6-17(7-5-16)23-20(27)19-14-18(8-9-22-19)25-12-10-24(15-26)11-13-25/h4-9,14-15H,10-13H2,1-3H3,(H,23,27). The Kier molecular flexibility index (Phi) is 5.44. The first-order chi connectivity index (χ1) is 12.9. The Hall–Kier alpha value is -2.89. The van der Waals surface area contributed by atoms with Crippen molar-refractivity contribution >= 4 is 23.7 Å². The molecule has 3 rings (SSSR count).